The molecule has 0 saturated carbocycles. The molecule has 4 heterocycles. The molecule has 18 aromatic rings. The number of ether oxygens (including phenoxy) is 2. The molecule has 18 rings (SSSR count). The number of halogens is 14. The summed E-state index contributed by atoms with van der Waals surface area (Å²) in [5.41, 5.74) is 4.32. The largest absolute Gasteiger partial charge is 1.00 e. The Balaban J connectivity index is 0.000000170. The minimum Gasteiger partial charge on any atom is -0.449 e. The van der Waals surface area contributed by atoms with E-state index in [2.05, 4.69) is 360 Å². The van der Waals surface area contributed by atoms with Gasteiger partial charge in [-0.15, -0.1) is 0 Å². The summed E-state index contributed by atoms with van der Waals surface area (Å²) in [6, 6.07) is 146. The molecule has 0 fully saturated rings. The topological polar surface area (TPSA) is 79.9 Å². The second-order valence-corrected chi connectivity index (χ2v) is 39.1. The summed E-state index contributed by atoms with van der Waals surface area (Å²) in [7, 11) is -17.1. The number of rotatable bonds is 20. The van der Waals surface area contributed by atoms with Crippen molar-refractivity contribution in [2.45, 2.75) is 26.2 Å². The fourth-order valence-electron chi connectivity index (χ4n) is 14.2. The maximum Gasteiger partial charge on any atom is 1.00 e. The molecule has 0 bridgehead atoms. The average molecular weight is 1990 g/mol. The van der Waals surface area contributed by atoms with Crippen molar-refractivity contribution in [2.24, 2.45) is 0 Å². The van der Waals surface area contributed by atoms with Crippen molar-refractivity contribution in [3.63, 3.8) is 0 Å². The van der Waals surface area contributed by atoms with Crippen molar-refractivity contribution in [1.82, 2.24) is 29.5 Å². The third-order valence-electron chi connectivity index (χ3n) is 20.0. The normalized spacial score (nSPS) is 11.1. The molecular formula is C104H84B2Cu2F14N6O2P4+4. The third kappa shape index (κ3) is 29.7. The number of aryl methyl sites for hydroxylation is 2. The van der Waals surface area contributed by atoms with Crippen molar-refractivity contribution in [2.75, 3.05) is 0 Å². The van der Waals surface area contributed by atoms with Gasteiger partial charge in [0.15, 0.2) is 23.0 Å². The Kier molecular flexibility index (Phi) is 37.1. The molecule has 134 heavy (non-hydrogen) atoms. The van der Waals surface area contributed by atoms with Crippen molar-refractivity contribution in [1.29, 1.82) is 0 Å². The van der Waals surface area contributed by atoms with Crippen LogP contribution >= 0.6 is 31.7 Å². The van der Waals surface area contributed by atoms with Gasteiger partial charge in [0.05, 0.1) is 33.9 Å². The van der Waals surface area contributed by atoms with Crippen molar-refractivity contribution < 1.29 is 104 Å². The number of hydrogen-bond donors (Lipinski definition) is 0. The van der Waals surface area contributed by atoms with Gasteiger partial charge in [0, 0.05) is 23.8 Å². The Bertz CT molecular complexity index is 5810. The van der Waals surface area contributed by atoms with Crippen molar-refractivity contribution >= 4 is 110 Å². The molecule has 0 unspecified atom stereocenters. The van der Waals surface area contributed by atoms with Crippen LogP contribution in [0.1, 0.15) is 22.5 Å². The minimum absolute atomic E-state index is 0. The smallest absolute Gasteiger partial charge is 0.449 e. The summed E-state index contributed by atoms with van der Waals surface area (Å²) < 4.78 is 170. The van der Waals surface area contributed by atoms with Crippen LogP contribution in [0.4, 0.5) is 60.9 Å². The van der Waals surface area contributed by atoms with Crippen LogP contribution in [0.5, 0.6) is 23.0 Å². The van der Waals surface area contributed by atoms with E-state index in [4.69, 9.17) is 9.47 Å². The summed E-state index contributed by atoms with van der Waals surface area (Å²) in [4.78, 5) is 8.74. The predicted molar refractivity (Wildman–Crippen MR) is 520 cm³/mol. The van der Waals surface area contributed by atoms with Gasteiger partial charge in [-0.05, 0) is 244 Å². The van der Waals surface area contributed by atoms with E-state index in [1.807, 2.05) is 50.2 Å². The van der Waals surface area contributed by atoms with Crippen LogP contribution in [-0.4, -0.2) is 44.0 Å². The maximum absolute atomic E-state index is 12.6. The molecule has 684 valence electrons. The molecule has 0 aliphatic rings. The third-order valence-corrected chi connectivity index (χ3v) is 31.1. The molecule has 0 aliphatic heterocycles. The standard InChI is InChI=1S/2C36H28OP2.2C16H12F3N3.2BF4.2Cu/c2*1-5-17-29(18-6-1)38(30-19-7-2-8-20-30)35-27-15-13-25-33(35)37-34-26-14-16-28-36(34)39(31-21-9-3-10-22-31)32-23-11-4-12-24-32;2*1-11-3-2-4-14(20-11)15-9-10-22(21-15)13-7-5-12(6-8-13)16(17,18)19;2*2-1(3,4)5;;/h2*1-28H;2*2-10H,1H3;;;;/q;;;;2*-1;2*+1/p+4. The number of pyridine rings is 2. The maximum atomic E-state index is 12.6. The Morgan fingerprint density at radius 2 is 0.425 bits per heavy atom. The van der Waals surface area contributed by atoms with E-state index in [1.54, 1.807) is 24.5 Å². The number of hydrogen-bond acceptors (Lipinski definition) is 6. The number of nitrogens with zero attached hydrogens (tertiary/aromatic N) is 6. The molecule has 0 saturated heterocycles. The van der Waals surface area contributed by atoms with Gasteiger partial charge >= 0.3 is 61.0 Å². The van der Waals surface area contributed by atoms with E-state index in [0.29, 0.717) is 22.8 Å². The first-order valence-electron chi connectivity index (χ1n) is 41.4. The molecule has 0 spiro atoms. The van der Waals surface area contributed by atoms with Crippen LogP contribution in [0.15, 0.2) is 449 Å². The van der Waals surface area contributed by atoms with E-state index in [1.165, 1.54) is 97.3 Å². The van der Waals surface area contributed by atoms with Gasteiger partial charge in [0.1, 0.15) is 107 Å². The van der Waals surface area contributed by atoms with Crippen LogP contribution in [-0.2, 0) is 46.5 Å². The first kappa shape index (κ1) is 102. The van der Waals surface area contributed by atoms with Crippen molar-refractivity contribution in [3.8, 4) is 57.1 Å². The Morgan fingerprint density at radius 1 is 0.231 bits per heavy atom. The van der Waals surface area contributed by atoms with Gasteiger partial charge in [-0.25, -0.2) is 9.36 Å². The first-order valence-corrected chi connectivity index (χ1v) is 47.4. The summed E-state index contributed by atoms with van der Waals surface area (Å²) in [5, 5.41) is 24.5. The molecular weight excluding hydrogens is 1900 g/mol. The van der Waals surface area contributed by atoms with Gasteiger partial charge in [-0.1, -0.05) is 206 Å². The van der Waals surface area contributed by atoms with E-state index in [9.17, 15) is 60.9 Å². The molecule has 4 aromatic heterocycles. The van der Waals surface area contributed by atoms with Gasteiger partial charge in [0.2, 0.25) is 0 Å². The molecule has 30 heteroatoms. The van der Waals surface area contributed by atoms with Gasteiger partial charge < -0.3 is 44.0 Å². The summed E-state index contributed by atoms with van der Waals surface area (Å²) in [6.07, 6.45) is -5.28. The number of alkyl halides is 6. The van der Waals surface area contributed by atoms with E-state index >= 15 is 0 Å². The second kappa shape index (κ2) is 48.8. The van der Waals surface area contributed by atoms with Gasteiger partial charge in [-0.3, -0.25) is 9.97 Å². The first-order chi connectivity index (χ1) is 63.6. The quantitative estimate of drug-likeness (QED) is 0.0430. The monoisotopic (exact) mass is 1990 g/mol. The van der Waals surface area contributed by atoms with Crippen LogP contribution in [0.2, 0.25) is 0 Å². The zero-order chi connectivity index (χ0) is 93.0. The SMILES string of the molecule is Cc1cccc(-c2ccn(-c3ccc(C(F)(F)F)cc3)n2)n1.Cc1cccc(-c2ccn(-c3ccc(C(F)(F)F)cc3)n2)n1.F[B-](F)(F)F.F[B-](F)(F)F.[Cu+].[Cu+].c1ccc([PH+](c2ccccc2)c2ccccc2Oc2ccccc2[PH+](c2ccccc2)c2ccccc2)cc1.c1ccc([PH+](c2ccccc2)c2ccccc2Oc2ccccc2[PH+](c2ccccc2)c2ccccc2)cc1. The van der Waals surface area contributed by atoms with Gasteiger partial charge in [0.25, 0.3) is 0 Å². The van der Waals surface area contributed by atoms with Crippen molar-refractivity contribution in [3.05, 3.63) is 472 Å². The minimum atomic E-state index is -6.00. The summed E-state index contributed by atoms with van der Waals surface area (Å²) in [5.74, 6) is 3.70. The Morgan fingerprint density at radius 3 is 0.619 bits per heavy atom. The summed E-state index contributed by atoms with van der Waals surface area (Å²) >= 11 is 0. The van der Waals surface area contributed by atoms with Crippen LogP contribution in [0.25, 0.3) is 34.2 Å². The number of aromatic nitrogens is 6. The molecule has 0 atom stereocenters. The predicted octanol–water partition coefficient (Wildman–Crippen LogP) is 24.0. The summed E-state index contributed by atoms with van der Waals surface area (Å²) in [6.45, 7) is 3.77. The zero-order valence-electron chi connectivity index (χ0n) is 71.3. The molecule has 14 aromatic carbocycles. The molecule has 8 nitrogen and oxygen atoms in total. The Hall–Kier alpha value is -12.7. The van der Waals surface area contributed by atoms with Gasteiger partial charge in [-0.2, -0.15) is 36.5 Å². The molecule has 0 amide bonds. The molecule has 0 aliphatic carbocycles. The number of para-hydroxylation sites is 4. The Labute approximate surface area is 793 Å². The molecule has 0 radical (unpaired) electrons. The fraction of sp³-hybridized carbons (Fsp3) is 0.0385. The zero-order valence-corrected chi connectivity index (χ0v) is 77.2. The average Bonchev–Trinajstić information content (AvgIpc) is 0.871. The van der Waals surface area contributed by atoms with E-state index < -0.39 is 69.7 Å². The molecule has 0 N–H and O–H groups in total. The van der Waals surface area contributed by atoms with E-state index in [-0.39, 0.29) is 34.1 Å². The van der Waals surface area contributed by atoms with Crippen LogP contribution in [0, 0.1) is 13.8 Å². The van der Waals surface area contributed by atoms with Crippen LogP contribution < -0.4 is 73.1 Å². The van der Waals surface area contributed by atoms with Crippen LogP contribution in [0.3, 0.4) is 0 Å². The second-order valence-electron chi connectivity index (χ2n) is 29.3. The number of benzene rings is 14. The van der Waals surface area contributed by atoms with E-state index in [0.717, 1.165) is 70.0 Å². The fourth-order valence-corrected chi connectivity index (χ4v) is 24.8.